The van der Waals surface area contributed by atoms with Crippen LogP contribution in [-0.2, 0) is 36.7 Å². The third kappa shape index (κ3) is 5.40. The largest absolute Gasteiger partial charge is 0.506 e. The number of aryl methyl sites for hydroxylation is 1. The van der Waals surface area contributed by atoms with E-state index >= 15 is 0 Å². The van der Waals surface area contributed by atoms with Crippen molar-refractivity contribution in [1.82, 2.24) is 10.1 Å². The van der Waals surface area contributed by atoms with Gasteiger partial charge in [0.1, 0.15) is 11.4 Å². The van der Waals surface area contributed by atoms with E-state index in [9.17, 15) is 26.7 Å². The third-order valence-corrected chi connectivity index (χ3v) is 7.99. The van der Waals surface area contributed by atoms with E-state index in [-0.39, 0.29) is 28.3 Å². The number of sulfonamides is 2. The maximum absolute atomic E-state index is 12.5. The summed E-state index contributed by atoms with van der Waals surface area (Å²) in [6.45, 7) is 6.36. The SMILES string of the molecule is CC(C)(C)c1ccc(S(=O)(=O)NCCCc2ccc(N3NC(=O)CS3(=O)=O)c(O)c2)cc1. The molecule has 1 aliphatic heterocycles. The number of carbonyl (C=O) groups is 1. The fourth-order valence-corrected chi connectivity index (χ4v) is 5.56. The molecule has 0 spiro atoms. The number of rotatable bonds is 7. The summed E-state index contributed by atoms with van der Waals surface area (Å²) in [6, 6.07) is 11.2. The first-order valence-electron chi connectivity index (χ1n) is 10.0. The van der Waals surface area contributed by atoms with Crippen molar-refractivity contribution < 1.29 is 26.7 Å². The minimum absolute atomic E-state index is 0.0426. The summed E-state index contributed by atoms with van der Waals surface area (Å²) >= 11 is 0. The van der Waals surface area contributed by atoms with E-state index in [1.807, 2.05) is 12.1 Å². The molecule has 1 aliphatic rings. The Balaban J connectivity index is 1.57. The summed E-state index contributed by atoms with van der Waals surface area (Å²) < 4.78 is 52.1. The lowest BCUT2D eigenvalue weighted by molar-refractivity contribution is -0.117. The van der Waals surface area contributed by atoms with Crippen LogP contribution in [0.1, 0.15) is 38.3 Å². The number of hydrazine groups is 1. The van der Waals surface area contributed by atoms with Gasteiger partial charge in [0.2, 0.25) is 10.0 Å². The standard InChI is InChI=1S/C21H27N3O6S2/c1-21(2,3)16-7-9-17(10-8-16)32(29,30)22-12-4-5-15-6-11-18(19(25)13-15)24-23-20(26)14-31(24,27)28/h6-11,13,22,25H,4-5,12,14H2,1-3H3,(H,23,26). The molecule has 3 N–H and O–H groups in total. The van der Waals surface area contributed by atoms with E-state index in [1.54, 1.807) is 18.2 Å². The molecule has 1 amide bonds. The Labute approximate surface area is 188 Å². The minimum atomic E-state index is -3.86. The Bertz CT molecular complexity index is 1220. The highest BCUT2D eigenvalue weighted by molar-refractivity contribution is 7.93. The fraction of sp³-hybridized carbons (Fsp3) is 0.381. The summed E-state index contributed by atoms with van der Waals surface area (Å²) in [5.74, 6) is -1.64. The number of nitrogens with one attached hydrogen (secondary N) is 2. The number of phenolic OH excluding ortho intramolecular Hbond substituents is 1. The van der Waals surface area contributed by atoms with E-state index in [4.69, 9.17) is 0 Å². The monoisotopic (exact) mass is 481 g/mol. The molecule has 1 saturated heterocycles. The number of anilines is 1. The molecule has 0 radical (unpaired) electrons. The molecule has 0 aliphatic carbocycles. The first-order chi connectivity index (χ1) is 14.8. The van der Waals surface area contributed by atoms with E-state index in [1.165, 1.54) is 12.1 Å². The molecule has 2 aromatic carbocycles. The number of phenols is 1. The van der Waals surface area contributed by atoms with Crippen molar-refractivity contribution in [2.45, 2.75) is 43.9 Å². The van der Waals surface area contributed by atoms with Crippen LogP contribution in [0, 0.1) is 0 Å². The van der Waals surface area contributed by atoms with Crippen molar-refractivity contribution in [1.29, 1.82) is 0 Å². The average molecular weight is 482 g/mol. The van der Waals surface area contributed by atoms with Crippen molar-refractivity contribution in [3.63, 3.8) is 0 Å². The lowest BCUT2D eigenvalue weighted by Gasteiger charge is -2.19. The van der Waals surface area contributed by atoms with Crippen LogP contribution in [0.3, 0.4) is 0 Å². The summed E-state index contributed by atoms with van der Waals surface area (Å²) in [4.78, 5) is 11.6. The maximum atomic E-state index is 12.5. The quantitative estimate of drug-likeness (QED) is 0.517. The number of hydrogen-bond donors (Lipinski definition) is 3. The third-order valence-electron chi connectivity index (χ3n) is 5.04. The van der Waals surface area contributed by atoms with Crippen molar-refractivity contribution in [2.75, 3.05) is 16.7 Å². The number of nitrogens with zero attached hydrogens (tertiary/aromatic N) is 1. The molecular formula is C21H27N3O6S2. The van der Waals surface area contributed by atoms with Gasteiger partial charge in [0.25, 0.3) is 15.9 Å². The molecule has 11 heteroatoms. The lowest BCUT2D eigenvalue weighted by Crippen LogP contribution is -2.35. The molecule has 0 atom stereocenters. The minimum Gasteiger partial charge on any atom is -0.506 e. The fourth-order valence-electron chi connectivity index (χ4n) is 3.27. The van der Waals surface area contributed by atoms with Crippen LogP contribution < -0.4 is 14.6 Å². The molecule has 0 aromatic heterocycles. The summed E-state index contributed by atoms with van der Waals surface area (Å²) in [5, 5.41) is 10.2. The van der Waals surface area contributed by atoms with E-state index in [0.29, 0.717) is 22.8 Å². The van der Waals surface area contributed by atoms with Gasteiger partial charge < -0.3 is 5.11 Å². The van der Waals surface area contributed by atoms with Gasteiger partial charge in [-0.1, -0.05) is 39.0 Å². The first kappa shape index (κ1) is 24.0. The first-order valence-corrected chi connectivity index (χ1v) is 13.1. The summed E-state index contributed by atoms with van der Waals surface area (Å²) in [6.07, 6.45) is 0.926. The Kier molecular flexibility index (Phi) is 6.55. The zero-order chi connectivity index (χ0) is 23.7. The van der Waals surface area contributed by atoms with Gasteiger partial charge in [-0.3, -0.25) is 10.2 Å². The molecule has 1 heterocycles. The molecule has 0 saturated carbocycles. The molecule has 2 aromatic rings. The van der Waals surface area contributed by atoms with Gasteiger partial charge in [-0.05, 0) is 53.6 Å². The second kappa shape index (κ2) is 8.72. The summed E-state index contributed by atoms with van der Waals surface area (Å²) in [5.41, 5.74) is 3.82. The van der Waals surface area contributed by atoms with Crippen LogP contribution in [-0.4, -0.2) is 40.1 Å². The van der Waals surface area contributed by atoms with Crippen LogP contribution >= 0.6 is 0 Å². The van der Waals surface area contributed by atoms with Crippen molar-refractivity contribution in [2.24, 2.45) is 0 Å². The zero-order valence-corrected chi connectivity index (χ0v) is 19.8. The van der Waals surface area contributed by atoms with E-state index in [2.05, 4.69) is 30.9 Å². The highest BCUT2D eigenvalue weighted by Gasteiger charge is 2.36. The maximum Gasteiger partial charge on any atom is 0.261 e. The smallest absolute Gasteiger partial charge is 0.261 e. The van der Waals surface area contributed by atoms with E-state index < -0.39 is 31.7 Å². The van der Waals surface area contributed by atoms with Crippen LogP contribution in [0.15, 0.2) is 47.4 Å². The zero-order valence-electron chi connectivity index (χ0n) is 18.1. The van der Waals surface area contributed by atoms with Crippen LogP contribution in [0.2, 0.25) is 0 Å². The summed E-state index contributed by atoms with van der Waals surface area (Å²) in [7, 11) is -7.50. The van der Waals surface area contributed by atoms with Gasteiger partial charge in [0.15, 0.2) is 5.75 Å². The van der Waals surface area contributed by atoms with Crippen LogP contribution in [0.25, 0.3) is 0 Å². The predicted octanol–water partition coefficient (Wildman–Crippen LogP) is 1.78. The topological polar surface area (TPSA) is 133 Å². The number of amides is 1. The lowest BCUT2D eigenvalue weighted by atomic mass is 9.87. The van der Waals surface area contributed by atoms with Gasteiger partial charge in [-0.15, -0.1) is 0 Å². The van der Waals surface area contributed by atoms with Crippen LogP contribution in [0.4, 0.5) is 5.69 Å². The van der Waals surface area contributed by atoms with Crippen molar-refractivity contribution >= 4 is 31.6 Å². The van der Waals surface area contributed by atoms with Crippen LogP contribution in [0.5, 0.6) is 5.75 Å². The van der Waals surface area contributed by atoms with Crippen molar-refractivity contribution in [3.05, 3.63) is 53.6 Å². The second-order valence-corrected chi connectivity index (χ2v) is 12.2. The molecular weight excluding hydrogens is 454 g/mol. The molecule has 32 heavy (non-hydrogen) atoms. The number of benzene rings is 2. The van der Waals surface area contributed by atoms with Crippen molar-refractivity contribution in [3.8, 4) is 5.75 Å². The normalized spacial score (nSPS) is 16.2. The Hall–Kier alpha value is -2.63. The number of hydrogen-bond acceptors (Lipinski definition) is 6. The van der Waals surface area contributed by atoms with Gasteiger partial charge in [0, 0.05) is 6.54 Å². The Morgan fingerprint density at radius 3 is 2.31 bits per heavy atom. The Morgan fingerprint density at radius 1 is 1.12 bits per heavy atom. The van der Waals surface area contributed by atoms with Gasteiger partial charge >= 0.3 is 0 Å². The predicted molar refractivity (Wildman–Crippen MR) is 121 cm³/mol. The molecule has 1 fully saturated rings. The van der Waals surface area contributed by atoms with Gasteiger partial charge in [-0.25, -0.2) is 21.6 Å². The number of aromatic hydroxyl groups is 1. The highest BCUT2D eigenvalue weighted by Crippen LogP contribution is 2.31. The van der Waals surface area contributed by atoms with Gasteiger partial charge in [-0.2, -0.15) is 4.41 Å². The average Bonchev–Trinajstić information content (AvgIpc) is 2.96. The molecule has 9 nitrogen and oxygen atoms in total. The highest BCUT2D eigenvalue weighted by atomic mass is 32.2. The second-order valence-electron chi connectivity index (χ2n) is 8.65. The molecule has 0 unspecified atom stereocenters. The van der Waals surface area contributed by atoms with Gasteiger partial charge in [0.05, 0.1) is 4.90 Å². The van der Waals surface area contributed by atoms with E-state index in [0.717, 1.165) is 5.56 Å². The number of carbonyl (C=O) groups excluding carboxylic acids is 1. The molecule has 174 valence electrons. The molecule has 0 bridgehead atoms. The Morgan fingerprint density at radius 2 is 1.78 bits per heavy atom. The molecule has 3 rings (SSSR count).